The lowest BCUT2D eigenvalue weighted by Crippen LogP contribution is -2.22. The molecule has 88 valence electrons. The lowest BCUT2D eigenvalue weighted by molar-refractivity contribution is 0.168. The zero-order valence-corrected chi connectivity index (χ0v) is 10.4. The van der Waals surface area contributed by atoms with Gasteiger partial charge in [0.1, 0.15) is 13.2 Å². The van der Waals surface area contributed by atoms with Crippen molar-refractivity contribution in [3.63, 3.8) is 0 Å². The maximum atomic E-state index is 9.49. The third kappa shape index (κ3) is 2.48. The lowest BCUT2D eigenvalue weighted by atomic mass is 10.1. The fourth-order valence-corrected chi connectivity index (χ4v) is 2.24. The monoisotopic (exact) mass is 287 g/mol. The standard InChI is InChI=1S/C11H14BrNO3/c12-9-4-7(3-8(14)6-13)5-10-11(9)16-2-1-15-10/h4-5,8,14H,1-3,6,13H2. The van der Waals surface area contributed by atoms with Gasteiger partial charge in [0.15, 0.2) is 11.5 Å². The summed E-state index contributed by atoms with van der Waals surface area (Å²) >= 11 is 3.43. The van der Waals surface area contributed by atoms with Crippen LogP contribution in [0.15, 0.2) is 16.6 Å². The van der Waals surface area contributed by atoms with E-state index in [9.17, 15) is 5.11 Å². The minimum absolute atomic E-state index is 0.256. The third-order valence-electron chi connectivity index (χ3n) is 2.40. The first kappa shape index (κ1) is 11.7. The van der Waals surface area contributed by atoms with E-state index in [1.165, 1.54) is 0 Å². The highest BCUT2D eigenvalue weighted by Gasteiger charge is 2.17. The van der Waals surface area contributed by atoms with E-state index < -0.39 is 6.10 Å². The van der Waals surface area contributed by atoms with E-state index in [0.717, 1.165) is 21.5 Å². The van der Waals surface area contributed by atoms with Crippen LogP contribution in [0, 0.1) is 0 Å². The molecule has 0 radical (unpaired) electrons. The molecule has 0 aliphatic carbocycles. The Labute approximate surface area is 102 Å². The molecule has 2 rings (SSSR count). The average molecular weight is 288 g/mol. The number of nitrogens with two attached hydrogens (primary N) is 1. The Morgan fingerprint density at radius 3 is 2.88 bits per heavy atom. The minimum Gasteiger partial charge on any atom is -0.486 e. The van der Waals surface area contributed by atoms with Crippen LogP contribution in [0.5, 0.6) is 11.5 Å². The number of ether oxygens (including phenoxy) is 2. The van der Waals surface area contributed by atoms with E-state index in [-0.39, 0.29) is 6.54 Å². The molecule has 1 aromatic rings. The summed E-state index contributed by atoms with van der Waals surface area (Å²) in [5, 5.41) is 9.49. The maximum Gasteiger partial charge on any atom is 0.175 e. The molecular formula is C11H14BrNO3. The molecule has 4 nitrogen and oxygen atoms in total. The molecule has 0 spiro atoms. The Morgan fingerprint density at radius 1 is 1.38 bits per heavy atom. The molecule has 0 fully saturated rings. The second-order valence-electron chi connectivity index (χ2n) is 3.70. The molecule has 5 heteroatoms. The first-order chi connectivity index (χ1) is 7.70. The second-order valence-corrected chi connectivity index (χ2v) is 4.55. The summed E-state index contributed by atoms with van der Waals surface area (Å²) in [6.07, 6.45) is 0.000564. The zero-order chi connectivity index (χ0) is 11.5. The number of halogens is 1. The van der Waals surface area contributed by atoms with Crippen molar-refractivity contribution in [2.45, 2.75) is 12.5 Å². The Bertz CT molecular complexity index is 384. The summed E-state index contributed by atoms with van der Waals surface area (Å²) in [7, 11) is 0. The van der Waals surface area contributed by atoms with Gasteiger partial charge in [-0.2, -0.15) is 0 Å². The van der Waals surface area contributed by atoms with Crippen LogP contribution in [0.1, 0.15) is 5.56 Å². The Balaban J connectivity index is 2.24. The molecule has 0 saturated carbocycles. The Kier molecular flexibility index (Phi) is 3.68. The highest BCUT2D eigenvalue weighted by Crippen LogP contribution is 2.38. The summed E-state index contributed by atoms with van der Waals surface area (Å²) in [5.74, 6) is 1.46. The van der Waals surface area contributed by atoms with E-state index in [1.807, 2.05) is 12.1 Å². The molecule has 1 aromatic carbocycles. The van der Waals surface area contributed by atoms with Crippen LogP contribution in [0.4, 0.5) is 0 Å². The van der Waals surface area contributed by atoms with E-state index in [4.69, 9.17) is 15.2 Å². The van der Waals surface area contributed by atoms with Crippen molar-refractivity contribution in [3.8, 4) is 11.5 Å². The molecule has 1 unspecified atom stereocenters. The van der Waals surface area contributed by atoms with Gasteiger partial charge >= 0.3 is 0 Å². The molecule has 1 atom stereocenters. The molecular weight excluding hydrogens is 274 g/mol. The molecule has 1 aliphatic rings. The van der Waals surface area contributed by atoms with Crippen LogP contribution >= 0.6 is 15.9 Å². The van der Waals surface area contributed by atoms with Crippen LogP contribution in [-0.2, 0) is 6.42 Å². The minimum atomic E-state index is -0.519. The molecule has 0 amide bonds. The average Bonchev–Trinajstić information content (AvgIpc) is 2.29. The zero-order valence-electron chi connectivity index (χ0n) is 8.78. The summed E-state index contributed by atoms with van der Waals surface area (Å²) in [6.45, 7) is 1.38. The number of benzene rings is 1. The third-order valence-corrected chi connectivity index (χ3v) is 2.99. The van der Waals surface area contributed by atoms with Crippen molar-refractivity contribution in [2.24, 2.45) is 5.73 Å². The first-order valence-electron chi connectivity index (χ1n) is 5.17. The topological polar surface area (TPSA) is 64.7 Å². The molecule has 0 aromatic heterocycles. The van der Waals surface area contributed by atoms with Gasteiger partial charge in [0.25, 0.3) is 0 Å². The number of fused-ring (bicyclic) bond motifs is 1. The quantitative estimate of drug-likeness (QED) is 0.873. The van der Waals surface area contributed by atoms with Crippen molar-refractivity contribution in [2.75, 3.05) is 19.8 Å². The Hall–Kier alpha value is -0.780. The normalized spacial score (nSPS) is 15.9. The summed E-state index contributed by atoms with van der Waals surface area (Å²) < 4.78 is 11.8. The van der Waals surface area contributed by atoms with Gasteiger partial charge in [-0.1, -0.05) is 0 Å². The fraction of sp³-hybridized carbons (Fsp3) is 0.455. The fourth-order valence-electron chi connectivity index (χ4n) is 1.64. The van der Waals surface area contributed by atoms with Gasteiger partial charge in [0.05, 0.1) is 10.6 Å². The lowest BCUT2D eigenvalue weighted by Gasteiger charge is -2.20. The number of hydrogen-bond acceptors (Lipinski definition) is 4. The summed E-state index contributed by atoms with van der Waals surface area (Å²) in [5.41, 5.74) is 6.36. The van der Waals surface area contributed by atoms with Gasteiger partial charge in [-0.3, -0.25) is 0 Å². The van der Waals surface area contributed by atoms with Crippen molar-refractivity contribution in [1.29, 1.82) is 0 Å². The molecule has 16 heavy (non-hydrogen) atoms. The SMILES string of the molecule is NCC(O)Cc1cc(Br)c2c(c1)OCCO2. The predicted molar refractivity (Wildman–Crippen MR) is 63.9 cm³/mol. The molecule has 0 saturated heterocycles. The molecule has 3 N–H and O–H groups in total. The van der Waals surface area contributed by atoms with Gasteiger partial charge in [0.2, 0.25) is 0 Å². The van der Waals surface area contributed by atoms with Gasteiger partial charge in [-0.25, -0.2) is 0 Å². The number of aliphatic hydroxyl groups is 1. The smallest absolute Gasteiger partial charge is 0.175 e. The number of hydrogen-bond donors (Lipinski definition) is 2. The highest BCUT2D eigenvalue weighted by atomic mass is 79.9. The Morgan fingerprint density at radius 2 is 2.12 bits per heavy atom. The van der Waals surface area contributed by atoms with Crippen molar-refractivity contribution < 1.29 is 14.6 Å². The molecule has 1 aliphatic heterocycles. The van der Waals surface area contributed by atoms with Crippen LogP contribution in [-0.4, -0.2) is 31.0 Å². The van der Waals surface area contributed by atoms with Crippen LogP contribution < -0.4 is 15.2 Å². The highest BCUT2D eigenvalue weighted by molar-refractivity contribution is 9.10. The van der Waals surface area contributed by atoms with E-state index >= 15 is 0 Å². The van der Waals surface area contributed by atoms with Crippen LogP contribution in [0.25, 0.3) is 0 Å². The van der Waals surface area contributed by atoms with Crippen molar-refractivity contribution >= 4 is 15.9 Å². The molecule has 1 heterocycles. The first-order valence-corrected chi connectivity index (χ1v) is 5.96. The van der Waals surface area contributed by atoms with Crippen molar-refractivity contribution in [1.82, 2.24) is 0 Å². The second kappa shape index (κ2) is 5.03. The van der Waals surface area contributed by atoms with E-state index in [0.29, 0.717) is 19.6 Å². The van der Waals surface area contributed by atoms with E-state index in [2.05, 4.69) is 15.9 Å². The summed E-state index contributed by atoms with van der Waals surface area (Å²) in [4.78, 5) is 0. The van der Waals surface area contributed by atoms with Gasteiger partial charge in [0, 0.05) is 6.54 Å². The predicted octanol–water partition coefficient (Wildman–Crippen LogP) is 1.08. The van der Waals surface area contributed by atoms with Gasteiger partial charge in [-0.15, -0.1) is 0 Å². The van der Waals surface area contributed by atoms with Gasteiger partial charge < -0.3 is 20.3 Å². The number of aliphatic hydroxyl groups excluding tert-OH is 1. The van der Waals surface area contributed by atoms with Crippen LogP contribution in [0.3, 0.4) is 0 Å². The largest absolute Gasteiger partial charge is 0.486 e. The van der Waals surface area contributed by atoms with Crippen LogP contribution in [0.2, 0.25) is 0 Å². The van der Waals surface area contributed by atoms with E-state index in [1.54, 1.807) is 0 Å². The van der Waals surface area contributed by atoms with Gasteiger partial charge in [-0.05, 0) is 40.0 Å². The number of rotatable bonds is 3. The molecule has 0 bridgehead atoms. The van der Waals surface area contributed by atoms with Crippen molar-refractivity contribution in [3.05, 3.63) is 22.2 Å². The summed E-state index contributed by atoms with van der Waals surface area (Å²) in [6, 6.07) is 3.81. The maximum absolute atomic E-state index is 9.49.